The van der Waals surface area contributed by atoms with E-state index in [0.29, 0.717) is 19.4 Å². The Labute approximate surface area is 113 Å². The second kappa shape index (κ2) is 6.98. The standard InChI is InChI=1S/C13H21N3O3/c1-16(9-5-8-14)12(19)15-13(10-11(17)18)6-3-2-4-7-13/h2-7,9-10H2,1H3,(H,15,19)(H,17,18). The highest BCUT2D eigenvalue weighted by atomic mass is 16.4. The van der Waals surface area contributed by atoms with Gasteiger partial charge in [-0.3, -0.25) is 4.79 Å². The van der Waals surface area contributed by atoms with E-state index in [-0.39, 0.29) is 18.9 Å². The van der Waals surface area contributed by atoms with Gasteiger partial charge < -0.3 is 15.3 Å². The third-order valence-electron chi connectivity index (χ3n) is 3.58. The Morgan fingerprint density at radius 3 is 2.53 bits per heavy atom. The van der Waals surface area contributed by atoms with E-state index in [0.717, 1.165) is 19.3 Å². The van der Waals surface area contributed by atoms with Gasteiger partial charge in [0.05, 0.1) is 24.4 Å². The van der Waals surface area contributed by atoms with Gasteiger partial charge in [0.1, 0.15) is 0 Å². The average Bonchev–Trinajstić information content (AvgIpc) is 2.35. The molecule has 0 bridgehead atoms. The number of nitrogens with zero attached hydrogens (tertiary/aromatic N) is 2. The zero-order valence-corrected chi connectivity index (χ0v) is 11.3. The zero-order chi connectivity index (χ0) is 14.3. The normalized spacial score (nSPS) is 17.3. The van der Waals surface area contributed by atoms with Gasteiger partial charge in [0.25, 0.3) is 0 Å². The third-order valence-corrected chi connectivity index (χ3v) is 3.58. The van der Waals surface area contributed by atoms with Crippen molar-refractivity contribution < 1.29 is 14.7 Å². The summed E-state index contributed by atoms with van der Waals surface area (Å²) in [5.74, 6) is -0.887. The number of carbonyl (C=O) groups excluding carboxylic acids is 1. The van der Waals surface area contributed by atoms with Gasteiger partial charge in [0.2, 0.25) is 0 Å². The van der Waals surface area contributed by atoms with E-state index < -0.39 is 11.5 Å². The molecule has 0 atom stereocenters. The molecule has 0 heterocycles. The van der Waals surface area contributed by atoms with E-state index in [1.807, 2.05) is 6.07 Å². The molecule has 0 unspecified atom stereocenters. The number of hydrogen-bond acceptors (Lipinski definition) is 3. The SMILES string of the molecule is CN(CCC#N)C(=O)NC1(CC(=O)O)CCCCC1. The highest BCUT2D eigenvalue weighted by Crippen LogP contribution is 2.31. The molecule has 1 rings (SSSR count). The summed E-state index contributed by atoms with van der Waals surface area (Å²) in [7, 11) is 1.62. The van der Waals surface area contributed by atoms with Crippen LogP contribution in [0.15, 0.2) is 0 Å². The first kappa shape index (κ1) is 15.3. The van der Waals surface area contributed by atoms with Crippen LogP contribution < -0.4 is 5.32 Å². The molecule has 0 aromatic rings. The number of hydrogen-bond donors (Lipinski definition) is 2. The number of carboxylic acids is 1. The van der Waals surface area contributed by atoms with Crippen LogP contribution in [0.3, 0.4) is 0 Å². The Kier molecular flexibility index (Phi) is 5.61. The predicted octanol–water partition coefficient (Wildman–Crippen LogP) is 1.72. The monoisotopic (exact) mass is 267 g/mol. The summed E-state index contributed by atoms with van der Waals surface area (Å²) in [4.78, 5) is 24.4. The van der Waals surface area contributed by atoms with Crippen molar-refractivity contribution in [1.82, 2.24) is 10.2 Å². The smallest absolute Gasteiger partial charge is 0.317 e. The molecular weight excluding hydrogens is 246 g/mol. The number of nitriles is 1. The first-order valence-corrected chi connectivity index (χ1v) is 6.61. The molecule has 6 nitrogen and oxygen atoms in total. The average molecular weight is 267 g/mol. The number of aliphatic carboxylic acids is 1. The molecule has 0 spiro atoms. The van der Waals surface area contributed by atoms with Crippen LogP contribution in [0, 0.1) is 11.3 Å². The summed E-state index contributed by atoms with van der Waals surface area (Å²) < 4.78 is 0. The van der Waals surface area contributed by atoms with Gasteiger partial charge in [-0.2, -0.15) is 5.26 Å². The van der Waals surface area contributed by atoms with Crippen LogP contribution >= 0.6 is 0 Å². The number of rotatable bonds is 5. The van der Waals surface area contributed by atoms with E-state index in [2.05, 4.69) is 5.32 Å². The molecule has 2 amide bonds. The second-order valence-electron chi connectivity index (χ2n) is 5.17. The number of carboxylic acid groups (broad SMARTS) is 1. The van der Waals surface area contributed by atoms with Crippen molar-refractivity contribution in [2.45, 2.75) is 50.5 Å². The molecule has 1 saturated carbocycles. The molecule has 0 aromatic carbocycles. The summed E-state index contributed by atoms with van der Waals surface area (Å²) in [6.45, 7) is 0.353. The molecular formula is C13H21N3O3. The maximum atomic E-state index is 12.0. The zero-order valence-electron chi connectivity index (χ0n) is 11.3. The van der Waals surface area contributed by atoms with Crippen molar-refractivity contribution in [1.29, 1.82) is 5.26 Å². The van der Waals surface area contributed by atoms with Crippen molar-refractivity contribution in [3.63, 3.8) is 0 Å². The first-order valence-electron chi connectivity index (χ1n) is 6.61. The molecule has 1 aliphatic rings. The lowest BCUT2D eigenvalue weighted by Gasteiger charge is -2.38. The molecule has 1 fully saturated rings. The van der Waals surface area contributed by atoms with Crippen LogP contribution in [0.25, 0.3) is 0 Å². The Balaban J connectivity index is 2.64. The van der Waals surface area contributed by atoms with E-state index in [4.69, 9.17) is 10.4 Å². The first-order chi connectivity index (χ1) is 8.99. The van der Waals surface area contributed by atoms with Gasteiger partial charge in [-0.1, -0.05) is 19.3 Å². The van der Waals surface area contributed by atoms with Gasteiger partial charge in [-0.15, -0.1) is 0 Å². The fourth-order valence-corrected chi connectivity index (χ4v) is 2.51. The molecule has 106 valence electrons. The molecule has 0 aromatic heterocycles. The highest BCUT2D eigenvalue weighted by Gasteiger charge is 2.36. The van der Waals surface area contributed by atoms with Crippen LogP contribution in [0.5, 0.6) is 0 Å². The summed E-state index contributed by atoms with van der Waals surface area (Å²) in [6.07, 6.45) is 4.61. The van der Waals surface area contributed by atoms with E-state index in [9.17, 15) is 9.59 Å². The van der Waals surface area contributed by atoms with E-state index in [1.54, 1.807) is 7.05 Å². The quantitative estimate of drug-likeness (QED) is 0.793. The van der Waals surface area contributed by atoms with Crippen molar-refractivity contribution in [3.8, 4) is 6.07 Å². The molecule has 0 radical (unpaired) electrons. The minimum absolute atomic E-state index is 0.0369. The van der Waals surface area contributed by atoms with Crippen LogP contribution in [-0.4, -0.2) is 41.1 Å². The fourth-order valence-electron chi connectivity index (χ4n) is 2.51. The summed E-state index contributed by atoms with van der Waals surface area (Å²) in [5, 5.41) is 20.4. The predicted molar refractivity (Wildman–Crippen MR) is 69.5 cm³/mol. The van der Waals surface area contributed by atoms with Crippen molar-refractivity contribution in [2.75, 3.05) is 13.6 Å². The topological polar surface area (TPSA) is 93.4 Å². The summed E-state index contributed by atoms with van der Waals surface area (Å²) in [5.41, 5.74) is -0.623. The Hall–Kier alpha value is -1.77. The Bertz CT molecular complexity index is 370. The molecule has 0 saturated heterocycles. The van der Waals surface area contributed by atoms with E-state index >= 15 is 0 Å². The van der Waals surface area contributed by atoms with E-state index in [1.165, 1.54) is 4.90 Å². The molecule has 2 N–H and O–H groups in total. The van der Waals surface area contributed by atoms with Gasteiger partial charge in [0.15, 0.2) is 0 Å². The lowest BCUT2D eigenvalue weighted by Crippen LogP contribution is -2.54. The molecule has 19 heavy (non-hydrogen) atoms. The Morgan fingerprint density at radius 2 is 2.00 bits per heavy atom. The number of nitrogens with one attached hydrogen (secondary N) is 1. The van der Waals surface area contributed by atoms with Crippen LogP contribution in [0.1, 0.15) is 44.9 Å². The van der Waals surface area contributed by atoms with Crippen molar-refractivity contribution in [2.24, 2.45) is 0 Å². The highest BCUT2D eigenvalue weighted by molar-refractivity contribution is 5.76. The minimum atomic E-state index is -0.887. The Morgan fingerprint density at radius 1 is 1.37 bits per heavy atom. The lowest BCUT2D eigenvalue weighted by molar-refractivity contribution is -0.139. The third kappa shape index (κ3) is 4.78. The molecule has 0 aliphatic heterocycles. The molecule has 1 aliphatic carbocycles. The number of carbonyl (C=O) groups is 2. The van der Waals surface area contributed by atoms with Gasteiger partial charge in [-0.05, 0) is 12.8 Å². The minimum Gasteiger partial charge on any atom is -0.481 e. The van der Waals surface area contributed by atoms with Gasteiger partial charge in [0, 0.05) is 13.6 Å². The van der Waals surface area contributed by atoms with Gasteiger partial charge in [-0.25, -0.2) is 4.79 Å². The van der Waals surface area contributed by atoms with Crippen LogP contribution in [0.2, 0.25) is 0 Å². The largest absolute Gasteiger partial charge is 0.481 e. The van der Waals surface area contributed by atoms with Gasteiger partial charge >= 0.3 is 12.0 Å². The van der Waals surface area contributed by atoms with Crippen LogP contribution in [0.4, 0.5) is 4.79 Å². The molecule has 6 heteroatoms. The van der Waals surface area contributed by atoms with Crippen molar-refractivity contribution in [3.05, 3.63) is 0 Å². The van der Waals surface area contributed by atoms with Crippen LogP contribution in [-0.2, 0) is 4.79 Å². The maximum absolute atomic E-state index is 12.0. The summed E-state index contributed by atoms with van der Waals surface area (Å²) >= 11 is 0. The van der Waals surface area contributed by atoms with Crippen molar-refractivity contribution >= 4 is 12.0 Å². The lowest BCUT2D eigenvalue weighted by atomic mass is 9.79. The second-order valence-corrected chi connectivity index (χ2v) is 5.17. The number of urea groups is 1. The maximum Gasteiger partial charge on any atom is 0.317 e. The number of amides is 2. The summed E-state index contributed by atoms with van der Waals surface area (Å²) in [6, 6.07) is 1.69. The fraction of sp³-hybridized carbons (Fsp3) is 0.769.